The van der Waals surface area contributed by atoms with Crippen LogP contribution in [0.5, 0.6) is 0 Å². The van der Waals surface area contributed by atoms with Gasteiger partial charge in [0.05, 0.1) is 23.1 Å². The van der Waals surface area contributed by atoms with Crippen molar-refractivity contribution >= 4 is 12.1 Å². The molecule has 0 N–H and O–H groups in total. The number of aryl methyl sites for hydroxylation is 1. The van der Waals surface area contributed by atoms with Crippen molar-refractivity contribution in [2.45, 2.75) is 33.2 Å². The summed E-state index contributed by atoms with van der Waals surface area (Å²) in [5.74, 6) is 0.680. The van der Waals surface area contributed by atoms with Crippen molar-refractivity contribution in [2.75, 3.05) is 0 Å². The van der Waals surface area contributed by atoms with E-state index >= 15 is 0 Å². The number of fused-ring (bicyclic) bond motifs is 1. The predicted molar refractivity (Wildman–Crippen MR) is 92.4 cm³/mol. The molecule has 1 unspecified atom stereocenters. The molecule has 3 aromatic rings. The third-order valence-electron chi connectivity index (χ3n) is 4.77. The van der Waals surface area contributed by atoms with Crippen LogP contribution < -0.4 is 0 Å². The second-order valence-electron chi connectivity index (χ2n) is 7.18. The summed E-state index contributed by atoms with van der Waals surface area (Å²) in [4.78, 5) is 28.3. The molecule has 0 saturated carbocycles. The lowest BCUT2D eigenvalue weighted by Gasteiger charge is -2.37. The molecule has 0 amide bonds. The molecule has 26 heavy (non-hydrogen) atoms. The molecule has 3 aromatic heterocycles. The van der Waals surface area contributed by atoms with Gasteiger partial charge in [-0.1, -0.05) is 25.1 Å². The summed E-state index contributed by atoms with van der Waals surface area (Å²) in [6.07, 6.45) is 4.30. The lowest BCUT2D eigenvalue weighted by Crippen LogP contribution is -2.37. The van der Waals surface area contributed by atoms with Crippen molar-refractivity contribution in [3.05, 3.63) is 53.2 Å². The zero-order valence-corrected chi connectivity index (χ0v) is 14.7. The fourth-order valence-corrected chi connectivity index (χ4v) is 3.72. The maximum absolute atomic E-state index is 12.8. The molecule has 0 aromatic carbocycles. The van der Waals surface area contributed by atoms with Crippen LogP contribution in [0.3, 0.4) is 0 Å². The Labute approximate surface area is 149 Å². The number of hydrogen-bond donors (Lipinski definition) is 0. The molecule has 8 heteroatoms. The molecule has 0 saturated heterocycles. The van der Waals surface area contributed by atoms with Gasteiger partial charge in [0.2, 0.25) is 0 Å². The molecule has 1 aliphatic carbocycles. The van der Waals surface area contributed by atoms with Crippen LogP contribution >= 0.6 is 0 Å². The molecular weight excluding hydrogens is 332 g/mol. The highest BCUT2D eigenvalue weighted by atomic mass is 16.1. The second kappa shape index (κ2) is 5.69. The van der Waals surface area contributed by atoms with E-state index in [1.54, 1.807) is 21.8 Å². The molecule has 8 nitrogen and oxygen atoms in total. The number of carbonyl (C=O) groups excluding carboxylic acids is 2. The van der Waals surface area contributed by atoms with Crippen LogP contribution in [0.25, 0.3) is 5.82 Å². The Morgan fingerprint density at radius 1 is 1.31 bits per heavy atom. The van der Waals surface area contributed by atoms with E-state index in [1.807, 2.05) is 39.0 Å². The van der Waals surface area contributed by atoms with Gasteiger partial charge in [-0.15, -0.1) is 5.10 Å². The molecular formula is C18H18N6O2. The lowest BCUT2D eigenvalue weighted by atomic mass is 9.71. The van der Waals surface area contributed by atoms with Gasteiger partial charge in [-0.2, -0.15) is 5.10 Å². The molecule has 1 aliphatic rings. The summed E-state index contributed by atoms with van der Waals surface area (Å²) in [6, 6.07) is 5.23. The van der Waals surface area contributed by atoms with Gasteiger partial charge in [0.15, 0.2) is 17.9 Å². The average molecular weight is 350 g/mol. The highest BCUT2D eigenvalue weighted by Gasteiger charge is 2.46. The number of rotatable bonds is 3. The van der Waals surface area contributed by atoms with Crippen LogP contribution in [0.2, 0.25) is 0 Å². The first-order valence-corrected chi connectivity index (χ1v) is 8.33. The van der Waals surface area contributed by atoms with E-state index in [9.17, 15) is 9.59 Å². The minimum absolute atomic E-state index is 0.0525. The number of carbonyl (C=O) groups is 2. The first-order chi connectivity index (χ1) is 12.4. The molecule has 0 spiro atoms. The van der Waals surface area contributed by atoms with Gasteiger partial charge in [0.25, 0.3) is 0 Å². The Morgan fingerprint density at radius 3 is 2.77 bits per heavy atom. The van der Waals surface area contributed by atoms with Gasteiger partial charge in [-0.25, -0.2) is 14.3 Å². The standard InChI is InChI=1S/C18H18N6O2/c1-11-15-13(26)8-18(2,3)17(23-9-12(10-25)20-22-23)16(15)24(21-11)14-6-4-5-7-19-14/h4-7,9-10,17H,8H2,1-3H3. The van der Waals surface area contributed by atoms with E-state index in [0.717, 1.165) is 5.69 Å². The van der Waals surface area contributed by atoms with Crippen LogP contribution in [0.1, 0.15) is 58.5 Å². The van der Waals surface area contributed by atoms with E-state index in [-0.39, 0.29) is 17.5 Å². The van der Waals surface area contributed by atoms with E-state index in [1.165, 1.54) is 0 Å². The number of pyridine rings is 1. The Morgan fingerprint density at radius 2 is 2.12 bits per heavy atom. The number of aldehydes is 1. The Kier molecular flexibility index (Phi) is 3.57. The summed E-state index contributed by atoms with van der Waals surface area (Å²) in [5, 5.41) is 12.6. The van der Waals surface area contributed by atoms with Crippen molar-refractivity contribution in [3.8, 4) is 5.82 Å². The largest absolute Gasteiger partial charge is 0.296 e. The quantitative estimate of drug-likeness (QED) is 0.672. The summed E-state index contributed by atoms with van der Waals surface area (Å²) < 4.78 is 3.35. The number of aromatic nitrogens is 6. The number of nitrogens with zero attached hydrogens (tertiary/aromatic N) is 6. The smallest absolute Gasteiger partial charge is 0.171 e. The highest BCUT2D eigenvalue weighted by molar-refractivity contribution is 6.00. The topological polar surface area (TPSA) is 95.6 Å². The number of hydrogen-bond acceptors (Lipinski definition) is 6. The zero-order valence-electron chi connectivity index (χ0n) is 14.7. The van der Waals surface area contributed by atoms with Gasteiger partial charge < -0.3 is 0 Å². The Bertz CT molecular complexity index is 1000. The molecule has 3 heterocycles. The van der Waals surface area contributed by atoms with Crippen molar-refractivity contribution in [1.82, 2.24) is 29.8 Å². The third kappa shape index (κ3) is 2.37. The third-order valence-corrected chi connectivity index (χ3v) is 4.77. The van der Waals surface area contributed by atoms with E-state index in [2.05, 4.69) is 20.4 Å². The van der Waals surface area contributed by atoms with Gasteiger partial charge in [-0.05, 0) is 19.1 Å². The van der Waals surface area contributed by atoms with Crippen LogP contribution in [0.4, 0.5) is 0 Å². The van der Waals surface area contributed by atoms with Crippen LogP contribution in [-0.4, -0.2) is 41.8 Å². The molecule has 0 aliphatic heterocycles. The number of ketones is 1. The van der Waals surface area contributed by atoms with Crippen LogP contribution in [0, 0.1) is 12.3 Å². The van der Waals surface area contributed by atoms with Crippen molar-refractivity contribution < 1.29 is 9.59 Å². The number of Topliss-reactive ketones (excluding diaryl/α,β-unsaturated/α-hetero) is 1. The summed E-state index contributed by atoms with van der Waals surface area (Å²) in [5.41, 5.74) is 1.80. The fraction of sp³-hybridized carbons (Fsp3) is 0.333. The maximum Gasteiger partial charge on any atom is 0.171 e. The normalized spacial score (nSPS) is 18.6. The van der Waals surface area contributed by atoms with E-state index in [0.29, 0.717) is 29.8 Å². The first kappa shape index (κ1) is 16.3. The van der Waals surface area contributed by atoms with Gasteiger partial charge in [0, 0.05) is 18.0 Å². The molecule has 0 radical (unpaired) electrons. The maximum atomic E-state index is 12.8. The lowest BCUT2D eigenvalue weighted by molar-refractivity contribution is 0.0854. The van der Waals surface area contributed by atoms with E-state index in [4.69, 9.17) is 0 Å². The Balaban J connectivity index is 2.00. The van der Waals surface area contributed by atoms with Crippen LogP contribution in [-0.2, 0) is 0 Å². The molecule has 0 fully saturated rings. The van der Waals surface area contributed by atoms with Crippen molar-refractivity contribution in [1.29, 1.82) is 0 Å². The second-order valence-corrected chi connectivity index (χ2v) is 7.18. The zero-order chi connectivity index (χ0) is 18.5. The summed E-state index contributed by atoms with van der Waals surface area (Å²) in [6.45, 7) is 5.83. The van der Waals surface area contributed by atoms with Gasteiger partial charge >= 0.3 is 0 Å². The summed E-state index contributed by atoms with van der Waals surface area (Å²) in [7, 11) is 0. The van der Waals surface area contributed by atoms with Crippen LogP contribution in [0.15, 0.2) is 30.6 Å². The minimum atomic E-state index is -0.434. The Hall–Kier alpha value is -3.16. The molecule has 4 rings (SSSR count). The van der Waals surface area contributed by atoms with E-state index < -0.39 is 5.41 Å². The molecule has 0 bridgehead atoms. The molecule has 132 valence electrons. The fourth-order valence-electron chi connectivity index (χ4n) is 3.72. The molecule has 1 atom stereocenters. The monoisotopic (exact) mass is 350 g/mol. The van der Waals surface area contributed by atoms with Gasteiger partial charge in [-0.3, -0.25) is 9.59 Å². The first-order valence-electron chi connectivity index (χ1n) is 8.33. The SMILES string of the molecule is Cc1nn(-c2ccccn2)c2c1C(=O)CC(C)(C)C2n1cc(C=O)nn1. The highest BCUT2D eigenvalue weighted by Crippen LogP contribution is 2.46. The van der Waals surface area contributed by atoms with Gasteiger partial charge in [0.1, 0.15) is 11.7 Å². The van der Waals surface area contributed by atoms with Crippen molar-refractivity contribution in [2.24, 2.45) is 5.41 Å². The summed E-state index contributed by atoms with van der Waals surface area (Å²) >= 11 is 0. The predicted octanol–water partition coefficient (Wildman–Crippen LogP) is 2.18. The minimum Gasteiger partial charge on any atom is -0.296 e. The average Bonchev–Trinajstić information content (AvgIpc) is 3.20. The van der Waals surface area contributed by atoms with Crippen molar-refractivity contribution in [3.63, 3.8) is 0 Å².